The summed E-state index contributed by atoms with van der Waals surface area (Å²) >= 11 is 1.74. The van der Waals surface area contributed by atoms with Gasteiger partial charge in [-0.05, 0) is 25.1 Å². The minimum atomic E-state index is 0.830. The lowest BCUT2D eigenvalue weighted by Gasteiger charge is -2.03. The number of nitrogen functional groups attached to an aromatic ring is 1. The summed E-state index contributed by atoms with van der Waals surface area (Å²) in [6.45, 7) is 3.00. The smallest absolute Gasteiger partial charge is 0.0805 e. The molecule has 3 aromatic rings. The first-order chi connectivity index (χ1) is 9.79. The van der Waals surface area contributed by atoms with Gasteiger partial charge in [0.15, 0.2) is 0 Å². The number of aryl methyl sites for hydroxylation is 1. The predicted molar refractivity (Wildman–Crippen MR) is 85.8 cm³/mol. The van der Waals surface area contributed by atoms with E-state index >= 15 is 0 Å². The largest absolute Gasteiger partial charge is 0.398 e. The van der Waals surface area contributed by atoms with Gasteiger partial charge in [0, 0.05) is 28.3 Å². The number of rotatable bonds is 4. The number of hydrogen-bond acceptors (Lipinski definition) is 3. The Morgan fingerprint density at radius 1 is 1.10 bits per heavy atom. The number of aromatic nitrogens is 2. The molecule has 4 heteroatoms. The molecule has 0 spiro atoms. The molecule has 0 atom stereocenters. The van der Waals surface area contributed by atoms with Crippen molar-refractivity contribution in [1.29, 1.82) is 0 Å². The highest BCUT2D eigenvalue weighted by atomic mass is 32.2. The number of fused-ring (bicyclic) bond motifs is 1. The van der Waals surface area contributed by atoms with Gasteiger partial charge in [-0.3, -0.25) is 4.68 Å². The summed E-state index contributed by atoms with van der Waals surface area (Å²) in [5.41, 5.74) is 9.13. The lowest BCUT2D eigenvalue weighted by atomic mass is 10.2. The van der Waals surface area contributed by atoms with Crippen molar-refractivity contribution in [3.05, 3.63) is 54.2 Å². The Kier molecular flexibility index (Phi) is 3.65. The normalized spacial score (nSPS) is 11.1. The minimum Gasteiger partial charge on any atom is -0.398 e. The molecule has 1 aromatic heterocycles. The van der Waals surface area contributed by atoms with E-state index in [0.717, 1.165) is 28.6 Å². The average molecular weight is 283 g/mol. The third-order valence-corrected chi connectivity index (χ3v) is 4.42. The van der Waals surface area contributed by atoms with Crippen LogP contribution in [-0.2, 0) is 12.3 Å². The number of nitrogens with zero attached hydrogens (tertiary/aromatic N) is 2. The zero-order valence-electron chi connectivity index (χ0n) is 11.4. The summed E-state index contributed by atoms with van der Waals surface area (Å²) in [5.74, 6) is 0.835. The zero-order valence-corrected chi connectivity index (χ0v) is 12.2. The van der Waals surface area contributed by atoms with Crippen molar-refractivity contribution in [3.8, 4) is 0 Å². The van der Waals surface area contributed by atoms with E-state index in [2.05, 4.69) is 41.9 Å². The topological polar surface area (TPSA) is 43.8 Å². The van der Waals surface area contributed by atoms with Crippen LogP contribution in [0.1, 0.15) is 12.6 Å². The summed E-state index contributed by atoms with van der Waals surface area (Å²) in [4.78, 5) is 1.11. The standard InChI is InChI=1S/C16H17N3S/c1-2-19-15-9-5-3-7-12(15)14(18-19)11-20-16-10-6-4-8-13(16)17/h3-10H,2,11,17H2,1H3. The van der Waals surface area contributed by atoms with Crippen molar-refractivity contribution < 1.29 is 0 Å². The highest BCUT2D eigenvalue weighted by Gasteiger charge is 2.09. The van der Waals surface area contributed by atoms with Gasteiger partial charge < -0.3 is 5.73 Å². The molecular formula is C16H17N3S. The molecule has 0 saturated carbocycles. The first-order valence-corrected chi connectivity index (χ1v) is 7.70. The number of thioether (sulfide) groups is 1. The van der Waals surface area contributed by atoms with Crippen LogP contribution in [0.25, 0.3) is 10.9 Å². The Morgan fingerprint density at radius 3 is 2.65 bits per heavy atom. The second kappa shape index (κ2) is 5.59. The summed E-state index contributed by atoms with van der Waals surface area (Å²) in [6.07, 6.45) is 0. The van der Waals surface area contributed by atoms with E-state index in [1.807, 2.05) is 18.2 Å². The monoisotopic (exact) mass is 283 g/mol. The number of anilines is 1. The van der Waals surface area contributed by atoms with Crippen LogP contribution in [-0.4, -0.2) is 9.78 Å². The van der Waals surface area contributed by atoms with Crippen LogP contribution >= 0.6 is 11.8 Å². The number of nitrogens with two attached hydrogens (primary N) is 1. The van der Waals surface area contributed by atoms with Crippen molar-refractivity contribution in [3.63, 3.8) is 0 Å². The number of para-hydroxylation sites is 2. The predicted octanol–water partition coefficient (Wildman–Crippen LogP) is 3.93. The fourth-order valence-corrected chi connectivity index (χ4v) is 3.22. The molecule has 0 unspecified atom stereocenters. The Morgan fingerprint density at radius 2 is 1.85 bits per heavy atom. The van der Waals surface area contributed by atoms with Gasteiger partial charge in [-0.25, -0.2) is 0 Å². The van der Waals surface area contributed by atoms with Gasteiger partial charge in [0.25, 0.3) is 0 Å². The van der Waals surface area contributed by atoms with Crippen LogP contribution in [0.4, 0.5) is 5.69 Å². The third-order valence-electron chi connectivity index (χ3n) is 3.32. The Hall–Kier alpha value is -1.94. The fraction of sp³-hybridized carbons (Fsp3) is 0.188. The van der Waals surface area contributed by atoms with Crippen molar-refractivity contribution in [2.75, 3.05) is 5.73 Å². The molecule has 2 aromatic carbocycles. The molecule has 0 aliphatic heterocycles. The van der Waals surface area contributed by atoms with E-state index in [0.29, 0.717) is 0 Å². The summed E-state index contributed by atoms with van der Waals surface area (Å²) in [7, 11) is 0. The van der Waals surface area contributed by atoms with E-state index in [4.69, 9.17) is 10.8 Å². The van der Waals surface area contributed by atoms with Crippen LogP contribution in [0.15, 0.2) is 53.4 Å². The van der Waals surface area contributed by atoms with E-state index in [9.17, 15) is 0 Å². The average Bonchev–Trinajstić information content (AvgIpc) is 2.85. The van der Waals surface area contributed by atoms with Crippen molar-refractivity contribution >= 4 is 28.4 Å². The summed E-state index contributed by atoms with van der Waals surface area (Å²) < 4.78 is 2.06. The molecule has 20 heavy (non-hydrogen) atoms. The maximum Gasteiger partial charge on any atom is 0.0805 e. The second-order valence-electron chi connectivity index (χ2n) is 4.61. The van der Waals surface area contributed by atoms with Gasteiger partial charge in [0.1, 0.15) is 0 Å². The van der Waals surface area contributed by atoms with Gasteiger partial charge in [0.05, 0.1) is 11.2 Å². The van der Waals surface area contributed by atoms with Gasteiger partial charge >= 0.3 is 0 Å². The van der Waals surface area contributed by atoms with Gasteiger partial charge in [-0.15, -0.1) is 11.8 Å². The van der Waals surface area contributed by atoms with Gasteiger partial charge in [-0.1, -0.05) is 30.3 Å². The SMILES string of the molecule is CCn1nc(CSc2ccccc2N)c2ccccc21. The quantitative estimate of drug-likeness (QED) is 0.583. The molecule has 0 bridgehead atoms. The van der Waals surface area contributed by atoms with E-state index < -0.39 is 0 Å². The third kappa shape index (κ3) is 2.39. The van der Waals surface area contributed by atoms with Crippen LogP contribution in [0.5, 0.6) is 0 Å². The van der Waals surface area contributed by atoms with Crippen molar-refractivity contribution in [2.24, 2.45) is 0 Å². The van der Waals surface area contributed by atoms with Gasteiger partial charge in [0.2, 0.25) is 0 Å². The Balaban J connectivity index is 1.90. The fourth-order valence-electron chi connectivity index (χ4n) is 2.30. The Labute approximate surface area is 122 Å². The number of hydrogen-bond donors (Lipinski definition) is 1. The maximum atomic E-state index is 5.98. The molecule has 2 N–H and O–H groups in total. The van der Waals surface area contributed by atoms with E-state index in [1.54, 1.807) is 11.8 Å². The lowest BCUT2D eigenvalue weighted by Crippen LogP contribution is -1.96. The second-order valence-corrected chi connectivity index (χ2v) is 5.62. The highest BCUT2D eigenvalue weighted by Crippen LogP contribution is 2.30. The number of benzene rings is 2. The Bertz CT molecular complexity index is 733. The molecule has 0 amide bonds. The zero-order chi connectivity index (χ0) is 13.9. The summed E-state index contributed by atoms with van der Waals surface area (Å²) in [5, 5.41) is 5.94. The summed E-state index contributed by atoms with van der Waals surface area (Å²) in [6, 6.07) is 16.3. The highest BCUT2D eigenvalue weighted by molar-refractivity contribution is 7.98. The van der Waals surface area contributed by atoms with E-state index in [-0.39, 0.29) is 0 Å². The van der Waals surface area contributed by atoms with Crippen LogP contribution in [0, 0.1) is 0 Å². The molecule has 0 fully saturated rings. The first kappa shape index (κ1) is 13.1. The van der Waals surface area contributed by atoms with Crippen molar-refractivity contribution in [1.82, 2.24) is 9.78 Å². The molecule has 1 heterocycles. The molecule has 0 radical (unpaired) electrons. The van der Waals surface area contributed by atoms with Gasteiger partial charge in [-0.2, -0.15) is 5.10 Å². The molecule has 102 valence electrons. The lowest BCUT2D eigenvalue weighted by molar-refractivity contribution is 0.675. The molecular weight excluding hydrogens is 266 g/mol. The van der Waals surface area contributed by atoms with Crippen molar-refractivity contribution in [2.45, 2.75) is 24.1 Å². The maximum absolute atomic E-state index is 5.98. The van der Waals surface area contributed by atoms with Crippen LogP contribution < -0.4 is 5.73 Å². The van der Waals surface area contributed by atoms with Crippen LogP contribution in [0.3, 0.4) is 0 Å². The minimum absolute atomic E-state index is 0.830. The molecule has 3 nitrogen and oxygen atoms in total. The molecule has 0 saturated heterocycles. The molecule has 3 rings (SSSR count). The van der Waals surface area contributed by atoms with E-state index in [1.165, 1.54) is 10.9 Å². The molecule has 0 aliphatic rings. The molecule has 0 aliphatic carbocycles. The van der Waals surface area contributed by atoms with Crippen LogP contribution in [0.2, 0.25) is 0 Å². The first-order valence-electron chi connectivity index (χ1n) is 6.71.